The molecule has 2 nitrogen and oxygen atoms in total. The van der Waals surface area contributed by atoms with Crippen molar-refractivity contribution in [3.8, 4) is 0 Å². The molecular formula is C18H21NOS. The third-order valence-electron chi connectivity index (χ3n) is 3.48. The quantitative estimate of drug-likeness (QED) is 0.691. The molecule has 0 bridgehead atoms. The fraction of sp³-hybridized carbons (Fsp3) is 0.278. The van der Waals surface area contributed by atoms with Gasteiger partial charge in [0, 0.05) is 17.8 Å². The number of carbonyl (C=O) groups excluding carboxylic acids is 1. The summed E-state index contributed by atoms with van der Waals surface area (Å²) in [4.78, 5) is 15.6. The van der Waals surface area contributed by atoms with Crippen molar-refractivity contribution in [2.24, 2.45) is 0 Å². The Kier molecular flexibility index (Phi) is 5.76. The van der Waals surface area contributed by atoms with Crippen LogP contribution in [0, 0.1) is 0 Å². The van der Waals surface area contributed by atoms with Crippen molar-refractivity contribution < 1.29 is 4.79 Å². The lowest BCUT2D eigenvalue weighted by atomic mass is 9.97. The van der Waals surface area contributed by atoms with Crippen LogP contribution < -0.4 is 0 Å². The topological polar surface area (TPSA) is 20.3 Å². The molecule has 110 valence electrons. The number of rotatable bonds is 7. The van der Waals surface area contributed by atoms with Gasteiger partial charge in [0.05, 0.1) is 6.54 Å². The van der Waals surface area contributed by atoms with Gasteiger partial charge in [-0.25, -0.2) is 0 Å². The average Bonchev–Trinajstić information content (AvgIpc) is 3.00. The van der Waals surface area contributed by atoms with Crippen molar-refractivity contribution in [1.82, 2.24) is 4.90 Å². The van der Waals surface area contributed by atoms with Crippen LogP contribution in [-0.4, -0.2) is 17.4 Å². The third-order valence-corrected chi connectivity index (χ3v) is 4.34. The van der Waals surface area contributed by atoms with E-state index in [4.69, 9.17) is 0 Å². The van der Waals surface area contributed by atoms with E-state index in [1.807, 2.05) is 34.5 Å². The van der Waals surface area contributed by atoms with Gasteiger partial charge in [0.2, 0.25) is 5.91 Å². The number of nitrogens with zero attached hydrogens (tertiary/aromatic N) is 1. The molecule has 0 spiro atoms. The molecule has 0 aliphatic heterocycles. The van der Waals surface area contributed by atoms with E-state index in [9.17, 15) is 4.79 Å². The maximum Gasteiger partial charge on any atom is 0.223 e. The summed E-state index contributed by atoms with van der Waals surface area (Å²) in [6.07, 6.45) is 2.32. The highest BCUT2D eigenvalue weighted by molar-refractivity contribution is 7.09. The molecule has 0 radical (unpaired) electrons. The molecule has 0 N–H and O–H groups in total. The molecule has 0 fully saturated rings. The zero-order valence-electron chi connectivity index (χ0n) is 12.4. The Morgan fingerprint density at radius 3 is 2.67 bits per heavy atom. The second kappa shape index (κ2) is 7.79. The second-order valence-corrected chi connectivity index (χ2v) is 6.19. The molecular weight excluding hydrogens is 278 g/mol. The van der Waals surface area contributed by atoms with Crippen molar-refractivity contribution in [3.63, 3.8) is 0 Å². The van der Waals surface area contributed by atoms with Crippen LogP contribution in [0.3, 0.4) is 0 Å². The smallest absolute Gasteiger partial charge is 0.223 e. The molecule has 0 saturated heterocycles. The summed E-state index contributed by atoms with van der Waals surface area (Å²) in [6.45, 7) is 7.13. The molecule has 1 aromatic heterocycles. The molecule has 0 aliphatic rings. The third kappa shape index (κ3) is 4.57. The van der Waals surface area contributed by atoms with Gasteiger partial charge in [0.15, 0.2) is 0 Å². The van der Waals surface area contributed by atoms with Gasteiger partial charge in [0.1, 0.15) is 0 Å². The number of hydrogen-bond donors (Lipinski definition) is 0. The SMILES string of the molecule is C=CCN(Cc1cccs1)C(=O)CC(C)c1ccccc1. The lowest BCUT2D eigenvalue weighted by Crippen LogP contribution is -2.31. The highest BCUT2D eigenvalue weighted by Crippen LogP contribution is 2.21. The second-order valence-electron chi connectivity index (χ2n) is 5.16. The predicted octanol–water partition coefficient (Wildman–Crippen LogP) is 4.46. The number of carbonyl (C=O) groups is 1. The Morgan fingerprint density at radius 1 is 1.29 bits per heavy atom. The lowest BCUT2D eigenvalue weighted by molar-refractivity contribution is -0.131. The van der Waals surface area contributed by atoms with E-state index in [2.05, 4.69) is 31.7 Å². The molecule has 2 aromatic rings. The van der Waals surface area contributed by atoms with E-state index in [1.165, 1.54) is 10.4 Å². The van der Waals surface area contributed by atoms with Crippen LogP contribution in [0.1, 0.15) is 29.7 Å². The summed E-state index contributed by atoms with van der Waals surface area (Å²) in [6, 6.07) is 14.3. The van der Waals surface area contributed by atoms with Crippen LogP contribution in [-0.2, 0) is 11.3 Å². The molecule has 1 atom stereocenters. The molecule has 0 aliphatic carbocycles. The Hall–Kier alpha value is -1.87. The molecule has 1 heterocycles. The molecule has 1 amide bonds. The Morgan fingerprint density at radius 2 is 2.05 bits per heavy atom. The maximum atomic E-state index is 12.5. The molecule has 1 unspecified atom stereocenters. The first-order valence-corrected chi connectivity index (χ1v) is 8.04. The number of hydrogen-bond acceptors (Lipinski definition) is 2. The summed E-state index contributed by atoms with van der Waals surface area (Å²) < 4.78 is 0. The van der Waals surface area contributed by atoms with E-state index >= 15 is 0 Å². The fourth-order valence-electron chi connectivity index (χ4n) is 2.29. The summed E-state index contributed by atoms with van der Waals surface area (Å²) in [5.74, 6) is 0.411. The van der Waals surface area contributed by atoms with E-state index < -0.39 is 0 Å². The monoisotopic (exact) mass is 299 g/mol. The van der Waals surface area contributed by atoms with Crippen LogP contribution in [0.2, 0.25) is 0 Å². The van der Waals surface area contributed by atoms with Gasteiger partial charge < -0.3 is 4.90 Å². The van der Waals surface area contributed by atoms with E-state index in [1.54, 1.807) is 17.4 Å². The minimum atomic E-state index is 0.180. The van der Waals surface area contributed by atoms with Gasteiger partial charge >= 0.3 is 0 Å². The Bertz CT molecular complexity index is 562. The van der Waals surface area contributed by atoms with Gasteiger partial charge in [-0.2, -0.15) is 0 Å². The van der Waals surface area contributed by atoms with Crippen molar-refractivity contribution in [1.29, 1.82) is 0 Å². The van der Waals surface area contributed by atoms with Gasteiger partial charge in [-0.05, 0) is 22.9 Å². The van der Waals surface area contributed by atoms with Crippen LogP contribution >= 0.6 is 11.3 Å². The minimum Gasteiger partial charge on any atom is -0.334 e. The first kappa shape index (κ1) is 15.5. The summed E-state index contributed by atoms with van der Waals surface area (Å²) in [5, 5.41) is 2.04. The van der Waals surface area contributed by atoms with Gasteiger partial charge in [0.25, 0.3) is 0 Å². The van der Waals surface area contributed by atoms with Crippen molar-refractivity contribution in [2.75, 3.05) is 6.54 Å². The maximum absolute atomic E-state index is 12.5. The molecule has 21 heavy (non-hydrogen) atoms. The van der Waals surface area contributed by atoms with Crippen molar-refractivity contribution in [2.45, 2.75) is 25.8 Å². The van der Waals surface area contributed by atoms with E-state index in [0.29, 0.717) is 19.5 Å². The largest absolute Gasteiger partial charge is 0.334 e. The molecule has 0 saturated carbocycles. The van der Waals surface area contributed by atoms with Crippen LogP contribution in [0.5, 0.6) is 0 Å². The normalized spacial score (nSPS) is 11.9. The lowest BCUT2D eigenvalue weighted by Gasteiger charge is -2.22. The number of benzene rings is 1. The number of amides is 1. The highest BCUT2D eigenvalue weighted by Gasteiger charge is 2.17. The molecule has 1 aromatic carbocycles. The first-order valence-electron chi connectivity index (χ1n) is 7.16. The number of thiophene rings is 1. The van der Waals surface area contributed by atoms with Gasteiger partial charge in [-0.3, -0.25) is 4.79 Å². The molecule has 3 heteroatoms. The summed E-state index contributed by atoms with van der Waals surface area (Å²) in [5.41, 5.74) is 1.21. The molecule has 2 rings (SSSR count). The minimum absolute atomic E-state index is 0.180. The summed E-state index contributed by atoms with van der Waals surface area (Å²) in [7, 11) is 0. The zero-order chi connectivity index (χ0) is 15.1. The van der Waals surface area contributed by atoms with Crippen molar-refractivity contribution >= 4 is 17.2 Å². The highest BCUT2D eigenvalue weighted by atomic mass is 32.1. The zero-order valence-corrected chi connectivity index (χ0v) is 13.2. The Balaban J connectivity index is 1.99. The van der Waals surface area contributed by atoms with Crippen LogP contribution in [0.25, 0.3) is 0 Å². The van der Waals surface area contributed by atoms with Crippen LogP contribution in [0.15, 0.2) is 60.5 Å². The van der Waals surface area contributed by atoms with Gasteiger partial charge in [-0.15, -0.1) is 17.9 Å². The first-order chi connectivity index (χ1) is 10.2. The Labute approximate surface area is 130 Å². The van der Waals surface area contributed by atoms with Crippen molar-refractivity contribution in [3.05, 3.63) is 70.9 Å². The van der Waals surface area contributed by atoms with E-state index in [-0.39, 0.29) is 11.8 Å². The average molecular weight is 299 g/mol. The standard InChI is InChI=1S/C18H21NOS/c1-3-11-19(14-17-10-7-12-21-17)18(20)13-15(2)16-8-5-4-6-9-16/h3-10,12,15H,1,11,13-14H2,2H3. The van der Waals surface area contributed by atoms with Gasteiger partial charge in [-0.1, -0.05) is 49.4 Å². The van der Waals surface area contributed by atoms with E-state index in [0.717, 1.165) is 0 Å². The summed E-state index contributed by atoms with van der Waals surface area (Å²) >= 11 is 1.68. The predicted molar refractivity (Wildman–Crippen MR) is 89.4 cm³/mol. The van der Waals surface area contributed by atoms with Crippen LogP contribution in [0.4, 0.5) is 0 Å². The fourth-order valence-corrected chi connectivity index (χ4v) is 3.01.